The van der Waals surface area contributed by atoms with E-state index in [0.717, 1.165) is 10.9 Å². The van der Waals surface area contributed by atoms with Gasteiger partial charge in [-0.05, 0) is 25.5 Å². The molecule has 134 valence electrons. The average Bonchev–Trinajstić information content (AvgIpc) is 3.09. The normalized spacial score (nSPS) is 23.9. The summed E-state index contributed by atoms with van der Waals surface area (Å²) in [5, 5.41) is 0.976. The number of hydrogen-bond acceptors (Lipinski definition) is 4. The van der Waals surface area contributed by atoms with Crippen molar-refractivity contribution in [1.29, 1.82) is 0 Å². The predicted octanol–water partition coefficient (Wildman–Crippen LogP) is 1.83. The highest BCUT2D eigenvalue weighted by atomic mass is 32.2. The molecule has 7 heteroatoms. The highest BCUT2D eigenvalue weighted by Gasteiger charge is 2.62. The van der Waals surface area contributed by atoms with Gasteiger partial charge in [0.1, 0.15) is 10.4 Å². The number of nitrogens with one attached hydrogen (secondary N) is 1. The van der Waals surface area contributed by atoms with Gasteiger partial charge in [-0.15, -0.1) is 0 Å². The van der Waals surface area contributed by atoms with Crippen molar-refractivity contribution >= 4 is 26.6 Å². The van der Waals surface area contributed by atoms with Crippen LogP contribution < -0.4 is 0 Å². The van der Waals surface area contributed by atoms with Gasteiger partial charge in [0.2, 0.25) is 0 Å². The van der Waals surface area contributed by atoms with Crippen LogP contribution in [0.4, 0.5) is 0 Å². The second-order valence-corrected chi connectivity index (χ2v) is 9.41. The SMILES string of the molecule is CCOCC1CCS(=O)(=O)C12CN(C(=O)c1cc3ccccc3[nH]1)C2. The molecule has 6 nitrogen and oxygen atoms in total. The number of likely N-dealkylation sites (tertiary alicyclic amines) is 1. The summed E-state index contributed by atoms with van der Waals surface area (Å²) in [6, 6.07) is 9.52. The smallest absolute Gasteiger partial charge is 0.270 e. The summed E-state index contributed by atoms with van der Waals surface area (Å²) in [6.45, 7) is 3.46. The largest absolute Gasteiger partial charge is 0.381 e. The standard InChI is InChI=1S/C18H22N2O4S/c1-2-24-10-14-7-8-25(22,23)18(14)11-20(12-18)17(21)16-9-13-5-3-4-6-15(13)19-16/h3-6,9,14,19H,2,7-8,10-12H2,1H3. The van der Waals surface area contributed by atoms with Crippen LogP contribution in [0.2, 0.25) is 0 Å². The van der Waals surface area contributed by atoms with E-state index in [2.05, 4.69) is 4.98 Å². The Morgan fingerprint density at radius 3 is 2.84 bits per heavy atom. The molecule has 2 fully saturated rings. The molecule has 4 rings (SSSR count). The summed E-state index contributed by atoms with van der Waals surface area (Å²) < 4.78 is 29.8. The first-order valence-electron chi connectivity index (χ1n) is 8.64. The zero-order chi connectivity index (χ0) is 17.7. The van der Waals surface area contributed by atoms with Gasteiger partial charge in [-0.3, -0.25) is 4.79 Å². The zero-order valence-corrected chi connectivity index (χ0v) is 15.0. The monoisotopic (exact) mass is 362 g/mol. The van der Waals surface area contributed by atoms with Crippen molar-refractivity contribution < 1.29 is 17.9 Å². The molecule has 2 saturated heterocycles. The number of sulfone groups is 1. The average molecular weight is 362 g/mol. The fraction of sp³-hybridized carbons (Fsp3) is 0.500. The van der Waals surface area contributed by atoms with Crippen LogP contribution in [0.5, 0.6) is 0 Å². The number of rotatable bonds is 4. The van der Waals surface area contributed by atoms with Crippen molar-refractivity contribution in [2.75, 3.05) is 32.1 Å². The van der Waals surface area contributed by atoms with E-state index >= 15 is 0 Å². The summed E-state index contributed by atoms with van der Waals surface area (Å²) in [4.78, 5) is 17.5. The summed E-state index contributed by atoms with van der Waals surface area (Å²) in [5.41, 5.74) is 1.41. The Balaban J connectivity index is 1.54. The first kappa shape index (κ1) is 16.6. The van der Waals surface area contributed by atoms with E-state index in [1.54, 1.807) is 4.90 Å². The summed E-state index contributed by atoms with van der Waals surface area (Å²) in [6.07, 6.45) is 0.622. The molecule has 0 aliphatic carbocycles. The molecule has 0 saturated carbocycles. The number of para-hydroxylation sites is 1. The molecule has 1 aromatic heterocycles. The van der Waals surface area contributed by atoms with Gasteiger partial charge in [0.25, 0.3) is 5.91 Å². The number of amides is 1. The van der Waals surface area contributed by atoms with Gasteiger partial charge in [-0.1, -0.05) is 18.2 Å². The molecular weight excluding hydrogens is 340 g/mol. The Hall–Kier alpha value is -1.86. The van der Waals surface area contributed by atoms with Crippen LogP contribution in [0, 0.1) is 5.92 Å². The lowest BCUT2D eigenvalue weighted by Crippen LogP contribution is -2.68. The molecule has 25 heavy (non-hydrogen) atoms. The van der Waals surface area contributed by atoms with E-state index in [4.69, 9.17) is 4.74 Å². The van der Waals surface area contributed by atoms with Crippen LogP contribution in [0.1, 0.15) is 23.8 Å². The van der Waals surface area contributed by atoms with Gasteiger partial charge in [0.05, 0.1) is 12.4 Å². The van der Waals surface area contributed by atoms with Crippen molar-refractivity contribution in [2.45, 2.75) is 18.1 Å². The lowest BCUT2D eigenvalue weighted by Gasteiger charge is -2.49. The highest BCUT2D eigenvalue weighted by molar-refractivity contribution is 7.93. The van der Waals surface area contributed by atoms with Crippen LogP contribution in [0.15, 0.2) is 30.3 Å². The number of carbonyl (C=O) groups excluding carboxylic acids is 1. The molecule has 1 amide bonds. The van der Waals surface area contributed by atoms with Gasteiger partial charge in [-0.2, -0.15) is 0 Å². The fourth-order valence-electron chi connectivity index (χ4n) is 4.07. The molecule has 1 atom stereocenters. The molecule has 1 unspecified atom stereocenters. The Bertz CT molecular complexity index is 879. The predicted molar refractivity (Wildman–Crippen MR) is 95.3 cm³/mol. The molecule has 1 aromatic carbocycles. The topological polar surface area (TPSA) is 79.5 Å². The van der Waals surface area contributed by atoms with E-state index in [1.807, 2.05) is 37.3 Å². The maximum absolute atomic E-state index is 12.7. The Labute approximate surface area is 147 Å². The number of aromatic nitrogens is 1. The quantitative estimate of drug-likeness (QED) is 0.900. The summed E-state index contributed by atoms with van der Waals surface area (Å²) >= 11 is 0. The lowest BCUT2D eigenvalue weighted by molar-refractivity contribution is 0.0267. The number of carbonyl (C=O) groups is 1. The molecule has 2 aliphatic rings. The number of fused-ring (bicyclic) bond motifs is 1. The number of aromatic amines is 1. The Kier molecular flexibility index (Phi) is 3.88. The number of hydrogen-bond donors (Lipinski definition) is 1. The second-order valence-electron chi connectivity index (χ2n) is 6.96. The maximum atomic E-state index is 12.7. The van der Waals surface area contributed by atoms with Crippen LogP contribution >= 0.6 is 0 Å². The number of H-pyrrole nitrogens is 1. The third-order valence-electron chi connectivity index (χ3n) is 5.59. The molecule has 2 aliphatic heterocycles. The Morgan fingerprint density at radius 2 is 2.12 bits per heavy atom. The van der Waals surface area contributed by atoms with Crippen LogP contribution in [-0.4, -0.2) is 61.0 Å². The number of nitrogens with zero attached hydrogens (tertiary/aromatic N) is 1. The molecule has 0 radical (unpaired) electrons. The van der Waals surface area contributed by atoms with Crippen LogP contribution in [-0.2, 0) is 14.6 Å². The van der Waals surface area contributed by atoms with Crippen molar-refractivity contribution in [3.05, 3.63) is 36.0 Å². The Morgan fingerprint density at radius 1 is 1.36 bits per heavy atom. The molecule has 3 heterocycles. The van der Waals surface area contributed by atoms with Gasteiger partial charge in [-0.25, -0.2) is 8.42 Å². The van der Waals surface area contributed by atoms with Crippen molar-refractivity contribution in [1.82, 2.24) is 9.88 Å². The molecular formula is C18H22N2O4S. The third-order valence-corrected chi connectivity index (χ3v) is 8.19. The van der Waals surface area contributed by atoms with Crippen molar-refractivity contribution in [3.63, 3.8) is 0 Å². The molecule has 2 aromatic rings. The minimum Gasteiger partial charge on any atom is -0.381 e. The highest BCUT2D eigenvalue weighted by Crippen LogP contribution is 2.45. The summed E-state index contributed by atoms with van der Waals surface area (Å²) in [5.74, 6) is 0.0300. The van der Waals surface area contributed by atoms with Gasteiger partial charge in [0, 0.05) is 36.5 Å². The van der Waals surface area contributed by atoms with E-state index in [1.165, 1.54) is 0 Å². The van der Waals surface area contributed by atoms with Crippen molar-refractivity contribution in [3.8, 4) is 0 Å². The first-order valence-corrected chi connectivity index (χ1v) is 10.3. The van der Waals surface area contributed by atoms with E-state index in [-0.39, 0.29) is 30.7 Å². The van der Waals surface area contributed by atoms with E-state index < -0.39 is 14.6 Å². The minimum absolute atomic E-state index is 0.0239. The second kappa shape index (κ2) is 5.85. The first-order chi connectivity index (χ1) is 12.0. The van der Waals surface area contributed by atoms with E-state index in [0.29, 0.717) is 25.3 Å². The zero-order valence-electron chi connectivity index (χ0n) is 14.2. The molecule has 1 spiro atoms. The lowest BCUT2D eigenvalue weighted by atomic mass is 9.83. The summed E-state index contributed by atoms with van der Waals surface area (Å²) in [7, 11) is -3.19. The van der Waals surface area contributed by atoms with Gasteiger partial charge in [0.15, 0.2) is 9.84 Å². The molecule has 0 bridgehead atoms. The van der Waals surface area contributed by atoms with Crippen LogP contribution in [0.25, 0.3) is 10.9 Å². The van der Waals surface area contributed by atoms with E-state index in [9.17, 15) is 13.2 Å². The maximum Gasteiger partial charge on any atom is 0.270 e. The fourth-order valence-corrected chi connectivity index (χ4v) is 6.47. The third kappa shape index (κ3) is 2.48. The molecule has 1 N–H and O–H groups in total. The van der Waals surface area contributed by atoms with Gasteiger partial charge >= 0.3 is 0 Å². The minimum atomic E-state index is -3.19. The number of benzene rings is 1. The number of ether oxygens (including phenoxy) is 1. The van der Waals surface area contributed by atoms with Crippen molar-refractivity contribution in [2.24, 2.45) is 5.92 Å². The van der Waals surface area contributed by atoms with Gasteiger partial charge < -0.3 is 14.6 Å². The van der Waals surface area contributed by atoms with Crippen LogP contribution in [0.3, 0.4) is 0 Å².